The largest absolute Gasteiger partial charge is 0.310 e. The van der Waals surface area contributed by atoms with Crippen LogP contribution in [0.2, 0.25) is 5.02 Å². The normalized spacial score (nSPS) is 22.3. The number of benzene rings is 1. The van der Waals surface area contributed by atoms with E-state index in [4.69, 9.17) is 11.6 Å². The molecule has 1 aromatic rings. The molecule has 2 rings (SSSR count). The van der Waals surface area contributed by atoms with E-state index < -0.39 is 0 Å². The van der Waals surface area contributed by atoms with Gasteiger partial charge in [-0.05, 0) is 46.9 Å². The number of nitrogens with one attached hydrogen (secondary N) is 1. The summed E-state index contributed by atoms with van der Waals surface area (Å²) in [5.74, 6) is 0. The van der Waals surface area contributed by atoms with Crippen LogP contribution in [0, 0.1) is 0 Å². The average Bonchev–Trinajstić information content (AvgIpc) is 2.23. The molecule has 1 unspecified atom stereocenters. The molecule has 0 saturated carbocycles. The van der Waals surface area contributed by atoms with Crippen LogP contribution in [0.5, 0.6) is 0 Å². The summed E-state index contributed by atoms with van der Waals surface area (Å²) in [6.07, 6.45) is 3.80. The van der Waals surface area contributed by atoms with Crippen molar-refractivity contribution in [2.45, 2.75) is 25.3 Å². The van der Waals surface area contributed by atoms with E-state index >= 15 is 0 Å². The molecule has 1 aliphatic rings. The molecule has 0 spiro atoms. The number of hydrogen-bond acceptors (Lipinski definition) is 1. The lowest BCUT2D eigenvalue weighted by atomic mass is 9.98. The molecule has 0 bridgehead atoms. The van der Waals surface area contributed by atoms with Crippen molar-refractivity contribution in [1.82, 2.24) is 5.32 Å². The Kier molecular flexibility index (Phi) is 3.47. The number of piperidine rings is 1. The van der Waals surface area contributed by atoms with E-state index in [1.807, 2.05) is 12.1 Å². The van der Waals surface area contributed by atoms with Crippen LogP contribution in [-0.4, -0.2) is 6.54 Å². The van der Waals surface area contributed by atoms with Crippen LogP contribution < -0.4 is 5.32 Å². The van der Waals surface area contributed by atoms with Gasteiger partial charge in [0.2, 0.25) is 0 Å². The van der Waals surface area contributed by atoms with Crippen molar-refractivity contribution in [2.75, 3.05) is 6.54 Å². The van der Waals surface area contributed by atoms with Crippen molar-refractivity contribution in [3.63, 3.8) is 0 Å². The fourth-order valence-corrected chi connectivity index (χ4v) is 2.63. The van der Waals surface area contributed by atoms with Crippen LogP contribution in [0.1, 0.15) is 30.9 Å². The number of rotatable bonds is 1. The Balaban J connectivity index is 2.26. The molecule has 3 heteroatoms. The van der Waals surface area contributed by atoms with E-state index in [-0.39, 0.29) is 0 Å². The standard InChI is InChI=1S/C11H13BrClN/c12-11-8(4-3-5-9(11)13)10-6-1-2-7-14-10/h3-5,10,14H,1-2,6-7H2. The van der Waals surface area contributed by atoms with Gasteiger partial charge in [-0.3, -0.25) is 0 Å². The van der Waals surface area contributed by atoms with Crippen molar-refractivity contribution in [1.29, 1.82) is 0 Å². The maximum atomic E-state index is 6.06. The smallest absolute Gasteiger partial charge is 0.0551 e. The Bertz CT molecular complexity index is 321. The minimum atomic E-state index is 0.469. The van der Waals surface area contributed by atoms with Gasteiger partial charge in [0.1, 0.15) is 0 Å². The van der Waals surface area contributed by atoms with Crippen LogP contribution in [0.15, 0.2) is 22.7 Å². The van der Waals surface area contributed by atoms with E-state index in [0.29, 0.717) is 6.04 Å². The van der Waals surface area contributed by atoms with Crippen LogP contribution in [-0.2, 0) is 0 Å². The monoisotopic (exact) mass is 273 g/mol. The number of hydrogen-bond donors (Lipinski definition) is 1. The van der Waals surface area contributed by atoms with Gasteiger partial charge in [-0.2, -0.15) is 0 Å². The topological polar surface area (TPSA) is 12.0 Å². The van der Waals surface area contributed by atoms with E-state index in [9.17, 15) is 0 Å². The van der Waals surface area contributed by atoms with E-state index in [1.165, 1.54) is 24.8 Å². The Morgan fingerprint density at radius 3 is 2.93 bits per heavy atom. The van der Waals surface area contributed by atoms with Gasteiger partial charge in [-0.25, -0.2) is 0 Å². The predicted octanol–water partition coefficient (Wildman–Crippen LogP) is 3.92. The van der Waals surface area contributed by atoms with Gasteiger partial charge in [-0.1, -0.05) is 30.2 Å². The third kappa shape index (κ3) is 2.13. The first kappa shape index (κ1) is 10.5. The van der Waals surface area contributed by atoms with E-state index in [1.54, 1.807) is 0 Å². The van der Waals surface area contributed by atoms with Crippen LogP contribution in [0.25, 0.3) is 0 Å². The lowest BCUT2D eigenvalue weighted by Crippen LogP contribution is -2.27. The third-order valence-electron chi connectivity index (χ3n) is 2.67. The van der Waals surface area contributed by atoms with Crippen molar-refractivity contribution in [3.05, 3.63) is 33.3 Å². The highest BCUT2D eigenvalue weighted by Crippen LogP contribution is 2.33. The maximum Gasteiger partial charge on any atom is 0.0551 e. The average molecular weight is 275 g/mol. The Morgan fingerprint density at radius 1 is 1.36 bits per heavy atom. The predicted molar refractivity (Wildman–Crippen MR) is 63.7 cm³/mol. The minimum absolute atomic E-state index is 0.469. The van der Waals surface area contributed by atoms with E-state index in [2.05, 4.69) is 27.3 Å². The molecule has 1 aromatic carbocycles. The molecule has 1 nitrogen and oxygen atoms in total. The third-order valence-corrected chi connectivity index (χ3v) is 4.10. The fraction of sp³-hybridized carbons (Fsp3) is 0.455. The van der Waals surface area contributed by atoms with Crippen molar-refractivity contribution in [3.8, 4) is 0 Å². The van der Waals surface area contributed by atoms with Gasteiger partial charge in [0.05, 0.1) is 5.02 Å². The second-order valence-corrected chi connectivity index (χ2v) is 4.85. The van der Waals surface area contributed by atoms with Gasteiger partial charge in [0.15, 0.2) is 0 Å². The zero-order valence-electron chi connectivity index (χ0n) is 7.89. The molecule has 0 amide bonds. The SMILES string of the molecule is Clc1cccc(C2CCCCN2)c1Br. The van der Waals surface area contributed by atoms with Crippen LogP contribution in [0.3, 0.4) is 0 Å². The zero-order valence-corrected chi connectivity index (χ0v) is 10.2. The molecular formula is C11H13BrClN. The molecule has 1 aliphatic heterocycles. The first-order valence-electron chi connectivity index (χ1n) is 4.96. The molecule has 14 heavy (non-hydrogen) atoms. The molecule has 1 saturated heterocycles. The quantitative estimate of drug-likeness (QED) is 0.818. The van der Waals surface area contributed by atoms with Crippen molar-refractivity contribution in [2.24, 2.45) is 0 Å². The molecular weight excluding hydrogens is 261 g/mol. The highest BCUT2D eigenvalue weighted by Gasteiger charge is 2.17. The van der Waals surface area contributed by atoms with Gasteiger partial charge >= 0.3 is 0 Å². The highest BCUT2D eigenvalue weighted by molar-refractivity contribution is 9.10. The van der Waals surface area contributed by atoms with Gasteiger partial charge in [0.25, 0.3) is 0 Å². The lowest BCUT2D eigenvalue weighted by Gasteiger charge is -2.25. The summed E-state index contributed by atoms with van der Waals surface area (Å²) in [6.45, 7) is 1.11. The molecule has 1 atom stereocenters. The second kappa shape index (κ2) is 4.65. The Hall–Kier alpha value is -0.0500. The summed E-state index contributed by atoms with van der Waals surface area (Å²) in [5.41, 5.74) is 1.29. The Morgan fingerprint density at radius 2 is 2.21 bits per heavy atom. The lowest BCUT2D eigenvalue weighted by molar-refractivity contribution is 0.411. The second-order valence-electron chi connectivity index (χ2n) is 3.65. The van der Waals surface area contributed by atoms with Crippen molar-refractivity contribution >= 4 is 27.5 Å². The summed E-state index contributed by atoms with van der Waals surface area (Å²) in [6, 6.07) is 6.53. The Labute approximate surface area is 98.0 Å². The molecule has 1 fully saturated rings. The maximum absolute atomic E-state index is 6.06. The molecule has 0 aliphatic carbocycles. The molecule has 76 valence electrons. The molecule has 0 radical (unpaired) electrons. The molecule has 0 aromatic heterocycles. The first-order chi connectivity index (χ1) is 6.79. The summed E-state index contributed by atoms with van der Waals surface area (Å²) < 4.78 is 1.04. The zero-order chi connectivity index (χ0) is 9.97. The minimum Gasteiger partial charge on any atom is -0.310 e. The summed E-state index contributed by atoms with van der Waals surface area (Å²) >= 11 is 9.60. The van der Waals surface area contributed by atoms with Crippen LogP contribution >= 0.6 is 27.5 Å². The summed E-state index contributed by atoms with van der Waals surface area (Å²) in [7, 11) is 0. The van der Waals surface area contributed by atoms with E-state index in [0.717, 1.165) is 16.0 Å². The highest BCUT2D eigenvalue weighted by atomic mass is 79.9. The number of halogens is 2. The first-order valence-corrected chi connectivity index (χ1v) is 6.13. The molecule has 1 heterocycles. The van der Waals surface area contributed by atoms with Crippen molar-refractivity contribution < 1.29 is 0 Å². The van der Waals surface area contributed by atoms with Crippen LogP contribution in [0.4, 0.5) is 0 Å². The van der Waals surface area contributed by atoms with Gasteiger partial charge in [0, 0.05) is 10.5 Å². The fourth-order valence-electron chi connectivity index (χ4n) is 1.91. The molecule has 1 N–H and O–H groups in total. The summed E-state index contributed by atoms with van der Waals surface area (Å²) in [4.78, 5) is 0. The summed E-state index contributed by atoms with van der Waals surface area (Å²) in [5, 5.41) is 4.32. The van der Waals surface area contributed by atoms with Gasteiger partial charge in [-0.15, -0.1) is 0 Å². The van der Waals surface area contributed by atoms with Gasteiger partial charge < -0.3 is 5.32 Å².